The fourth-order valence-electron chi connectivity index (χ4n) is 2.54. The van der Waals surface area contributed by atoms with Crippen molar-refractivity contribution in [2.24, 2.45) is 0 Å². The lowest BCUT2D eigenvalue weighted by Crippen LogP contribution is -2.30. The zero-order valence-electron chi connectivity index (χ0n) is 10.5. The fraction of sp³-hybridized carbons (Fsp3) is 0.267. The van der Waals surface area contributed by atoms with E-state index in [0.29, 0.717) is 0 Å². The SMILES string of the molecule is OC1CCN(Cc2cncc(Br)c2)c2ccccc21. The maximum Gasteiger partial charge on any atom is 0.0826 e. The summed E-state index contributed by atoms with van der Waals surface area (Å²) in [5.41, 5.74) is 3.32. The summed E-state index contributed by atoms with van der Waals surface area (Å²) < 4.78 is 0.996. The Hall–Kier alpha value is -1.39. The van der Waals surface area contributed by atoms with E-state index in [0.717, 1.165) is 35.2 Å². The van der Waals surface area contributed by atoms with Crippen LogP contribution in [-0.2, 0) is 6.54 Å². The number of aromatic nitrogens is 1. The lowest BCUT2D eigenvalue weighted by molar-refractivity contribution is 0.164. The van der Waals surface area contributed by atoms with Gasteiger partial charge in [0.1, 0.15) is 0 Å². The highest BCUT2D eigenvalue weighted by atomic mass is 79.9. The third kappa shape index (κ3) is 2.65. The van der Waals surface area contributed by atoms with Gasteiger partial charge in [-0.2, -0.15) is 0 Å². The topological polar surface area (TPSA) is 36.4 Å². The summed E-state index contributed by atoms with van der Waals surface area (Å²) in [5, 5.41) is 10.0. The van der Waals surface area contributed by atoms with Gasteiger partial charge in [0, 0.05) is 41.2 Å². The lowest BCUT2D eigenvalue weighted by atomic mass is 9.98. The molecule has 1 aliphatic rings. The van der Waals surface area contributed by atoms with Gasteiger partial charge in [0.15, 0.2) is 0 Å². The Morgan fingerprint density at radius 1 is 1.32 bits per heavy atom. The smallest absolute Gasteiger partial charge is 0.0826 e. The van der Waals surface area contributed by atoms with E-state index in [1.54, 1.807) is 6.20 Å². The summed E-state index contributed by atoms with van der Waals surface area (Å²) in [6.45, 7) is 1.68. The van der Waals surface area contributed by atoms with Gasteiger partial charge in [-0.1, -0.05) is 18.2 Å². The number of benzene rings is 1. The minimum absolute atomic E-state index is 0.340. The second kappa shape index (κ2) is 5.31. The van der Waals surface area contributed by atoms with E-state index in [2.05, 4.69) is 37.9 Å². The van der Waals surface area contributed by atoms with E-state index in [1.165, 1.54) is 5.56 Å². The Balaban J connectivity index is 1.89. The highest BCUT2D eigenvalue weighted by Gasteiger charge is 2.22. The molecule has 3 rings (SSSR count). The van der Waals surface area contributed by atoms with Gasteiger partial charge >= 0.3 is 0 Å². The van der Waals surface area contributed by atoms with Crippen LogP contribution < -0.4 is 4.90 Å². The number of hydrogen-bond acceptors (Lipinski definition) is 3. The van der Waals surface area contributed by atoms with Crippen molar-refractivity contribution in [3.05, 3.63) is 58.3 Å². The molecular formula is C15H15BrN2O. The Morgan fingerprint density at radius 3 is 3.00 bits per heavy atom. The van der Waals surface area contributed by atoms with Crippen molar-refractivity contribution in [2.75, 3.05) is 11.4 Å². The molecule has 2 aromatic rings. The molecule has 4 heteroatoms. The van der Waals surface area contributed by atoms with Crippen LogP contribution in [0.1, 0.15) is 23.7 Å². The molecule has 0 saturated carbocycles. The molecular weight excluding hydrogens is 304 g/mol. The van der Waals surface area contributed by atoms with Gasteiger partial charge in [-0.05, 0) is 40.0 Å². The maximum absolute atomic E-state index is 10.0. The number of aliphatic hydroxyl groups excluding tert-OH is 1. The molecule has 2 heterocycles. The zero-order chi connectivity index (χ0) is 13.2. The van der Waals surface area contributed by atoms with Crippen LogP contribution in [0.15, 0.2) is 47.2 Å². The number of hydrogen-bond donors (Lipinski definition) is 1. The summed E-state index contributed by atoms with van der Waals surface area (Å²) in [6, 6.07) is 10.2. The van der Waals surface area contributed by atoms with Crippen molar-refractivity contribution in [3.63, 3.8) is 0 Å². The molecule has 0 fully saturated rings. The van der Waals surface area contributed by atoms with Gasteiger partial charge in [-0.25, -0.2) is 0 Å². The molecule has 0 radical (unpaired) electrons. The van der Waals surface area contributed by atoms with Crippen molar-refractivity contribution >= 4 is 21.6 Å². The maximum atomic E-state index is 10.0. The first-order valence-corrected chi connectivity index (χ1v) is 7.15. The van der Waals surface area contributed by atoms with E-state index < -0.39 is 0 Å². The van der Waals surface area contributed by atoms with Crippen LogP contribution in [0.5, 0.6) is 0 Å². The minimum atomic E-state index is -0.340. The summed E-state index contributed by atoms with van der Waals surface area (Å²) in [6.07, 6.45) is 4.11. The Kier molecular flexibility index (Phi) is 3.53. The average Bonchev–Trinajstić information content (AvgIpc) is 2.42. The van der Waals surface area contributed by atoms with Gasteiger partial charge in [-0.3, -0.25) is 4.98 Å². The summed E-state index contributed by atoms with van der Waals surface area (Å²) in [5.74, 6) is 0. The highest BCUT2D eigenvalue weighted by molar-refractivity contribution is 9.10. The quantitative estimate of drug-likeness (QED) is 0.923. The van der Waals surface area contributed by atoms with Gasteiger partial charge in [-0.15, -0.1) is 0 Å². The standard InChI is InChI=1S/C15H15BrN2O/c16-12-7-11(8-17-9-12)10-18-6-5-15(19)13-3-1-2-4-14(13)18/h1-4,7-9,15,19H,5-6,10H2. The van der Waals surface area contributed by atoms with Crippen LogP contribution in [0.3, 0.4) is 0 Å². The van der Waals surface area contributed by atoms with Gasteiger partial charge in [0.25, 0.3) is 0 Å². The molecule has 1 aromatic carbocycles. The first-order valence-electron chi connectivity index (χ1n) is 6.35. The third-order valence-corrected chi connectivity index (χ3v) is 3.88. The molecule has 0 saturated heterocycles. The molecule has 0 aliphatic carbocycles. The second-order valence-electron chi connectivity index (χ2n) is 4.80. The molecule has 1 atom stereocenters. The molecule has 3 nitrogen and oxygen atoms in total. The Morgan fingerprint density at radius 2 is 2.16 bits per heavy atom. The van der Waals surface area contributed by atoms with Crippen LogP contribution >= 0.6 is 15.9 Å². The number of nitrogens with zero attached hydrogens (tertiary/aromatic N) is 2. The number of halogens is 1. The number of aliphatic hydroxyl groups is 1. The molecule has 1 aliphatic heterocycles. The number of para-hydroxylation sites is 1. The van der Waals surface area contributed by atoms with Crippen LogP contribution in [0.4, 0.5) is 5.69 Å². The predicted octanol–water partition coefficient (Wildman–Crippen LogP) is 3.29. The van der Waals surface area contributed by atoms with Gasteiger partial charge in [0.2, 0.25) is 0 Å². The highest BCUT2D eigenvalue weighted by Crippen LogP contribution is 2.34. The van der Waals surface area contributed by atoms with Crippen molar-refractivity contribution in [1.82, 2.24) is 4.98 Å². The van der Waals surface area contributed by atoms with E-state index >= 15 is 0 Å². The minimum Gasteiger partial charge on any atom is -0.388 e. The Labute approximate surface area is 121 Å². The number of pyridine rings is 1. The van der Waals surface area contributed by atoms with E-state index in [-0.39, 0.29) is 6.10 Å². The first-order chi connectivity index (χ1) is 9.24. The third-order valence-electron chi connectivity index (χ3n) is 3.44. The molecule has 19 heavy (non-hydrogen) atoms. The fourth-order valence-corrected chi connectivity index (χ4v) is 2.95. The van der Waals surface area contributed by atoms with Crippen LogP contribution in [0.25, 0.3) is 0 Å². The van der Waals surface area contributed by atoms with E-state index in [1.807, 2.05) is 24.4 Å². The normalized spacial score (nSPS) is 18.2. The molecule has 1 unspecified atom stereocenters. The van der Waals surface area contributed by atoms with Gasteiger partial charge < -0.3 is 10.0 Å². The lowest BCUT2D eigenvalue weighted by Gasteiger charge is -2.33. The van der Waals surface area contributed by atoms with Crippen LogP contribution in [0, 0.1) is 0 Å². The summed E-state index contributed by atoms with van der Waals surface area (Å²) in [7, 11) is 0. The summed E-state index contributed by atoms with van der Waals surface area (Å²) >= 11 is 3.45. The van der Waals surface area contributed by atoms with Crippen molar-refractivity contribution in [3.8, 4) is 0 Å². The Bertz CT molecular complexity index is 588. The second-order valence-corrected chi connectivity index (χ2v) is 5.71. The molecule has 0 spiro atoms. The molecule has 98 valence electrons. The van der Waals surface area contributed by atoms with Crippen molar-refractivity contribution in [1.29, 1.82) is 0 Å². The van der Waals surface area contributed by atoms with Crippen LogP contribution in [0.2, 0.25) is 0 Å². The largest absolute Gasteiger partial charge is 0.388 e. The molecule has 0 bridgehead atoms. The van der Waals surface area contributed by atoms with Crippen LogP contribution in [-0.4, -0.2) is 16.6 Å². The molecule has 0 amide bonds. The molecule has 1 N–H and O–H groups in total. The van der Waals surface area contributed by atoms with Crippen molar-refractivity contribution < 1.29 is 5.11 Å². The number of anilines is 1. The average molecular weight is 319 g/mol. The van der Waals surface area contributed by atoms with E-state index in [4.69, 9.17) is 0 Å². The zero-order valence-corrected chi connectivity index (χ0v) is 12.0. The first kappa shape index (κ1) is 12.6. The monoisotopic (exact) mass is 318 g/mol. The number of rotatable bonds is 2. The van der Waals surface area contributed by atoms with Crippen molar-refractivity contribution in [2.45, 2.75) is 19.1 Å². The van der Waals surface area contributed by atoms with E-state index in [9.17, 15) is 5.11 Å². The van der Waals surface area contributed by atoms with Gasteiger partial charge in [0.05, 0.1) is 6.10 Å². The number of fused-ring (bicyclic) bond motifs is 1. The molecule has 1 aromatic heterocycles. The predicted molar refractivity (Wildman–Crippen MR) is 79.0 cm³/mol. The summed E-state index contributed by atoms with van der Waals surface area (Å²) in [4.78, 5) is 6.49.